The van der Waals surface area contributed by atoms with Gasteiger partial charge in [0.2, 0.25) is 0 Å². The van der Waals surface area contributed by atoms with Crippen molar-refractivity contribution in [3.63, 3.8) is 0 Å². The van der Waals surface area contributed by atoms with Crippen LogP contribution in [0.4, 0.5) is 0 Å². The molecule has 0 saturated carbocycles. The van der Waals surface area contributed by atoms with Crippen molar-refractivity contribution >= 4 is 0 Å². The van der Waals surface area contributed by atoms with Gasteiger partial charge in [-0.2, -0.15) is 0 Å². The molecule has 0 saturated heterocycles. The molecule has 0 amide bonds. The number of benzene rings is 1. The van der Waals surface area contributed by atoms with Crippen LogP contribution in [0.3, 0.4) is 0 Å². The first-order chi connectivity index (χ1) is 8.95. The van der Waals surface area contributed by atoms with E-state index in [2.05, 4.69) is 70.3 Å². The van der Waals surface area contributed by atoms with Crippen LogP contribution in [0.5, 0.6) is 0 Å². The highest BCUT2D eigenvalue weighted by Crippen LogP contribution is 2.28. The summed E-state index contributed by atoms with van der Waals surface area (Å²) in [7, 11) is 0. The number of rotatable bonds is 8. The molecule has 0 aromatic heterocycles. The van der Waals surface area contributed by atoms with Crippen molar-refractivity contribution in [1.82, 2.24) is 5.32 Å². The van der Waals surface area contributed by atoms with Gasteiger partial charge in [-0.3, -0.25) is 0 Å². The van der Waals surface area contributed by atoms with E-state index in [-0.39, 0.29) is 5.41 Å². The summed E-state index contributed by atoms with van der Waals surface area (Å²) in [5.74, 6) is 0. The van der Waals surface area contributed by atoms with Crippen LogP contribution in [0, 0.1) is 0 Å². The highest BCUT2D eigenvalue weighted by Gasteiger charge is 2.23. The van der Waals surface area contributed by atoms with E-state index >= 15 is 0 Å². The molecule has 0 bridgehead atoms. The summed E-state index contributed by atoms with van der Waals surface area (Å²) in [6.07, 6.45) is 5.07. The van der Waals surface area contributed by atoms with Crippen molar-refractivity contribution in [2.75, 3.05) is 0 Å². The first kappa shape index (κ1) is 16.2. The minimum Gasteiger partial charge on any atom is -0.312 e. The topological polar surface area (TPSA) is 12.0 Å². The van der Waals surface area contributed by atoms with E-state index in [1.165, 1.54) is 31.2 Å². The average molecular weight is 261 g/mol. The summed E-state index contributed by atoms with van der Waals surface area (Å²) in [5, 5.41) is 3.74. The molecule has 0 aliphatic carbocycles. The highest BCUT2D eigenvalue weighted by molar-refractivity contribution is 5.23. The van der Waals surface area contributed by atoms with Crippen LogP contribution in [0.15, 0.2) is 30.3 Å². The predicted molar refractivity (Wildman–Crippen MR) is 85.7 cm³/mol. The van der Waals surface area contributed by atoms with Gasteiger partial charge in [0, 0.05) is 12.1 Å². The minimum absolute atomic E-state index is 0.234. The zero-order valence-electron chi connectivity index (χ0n) is 13.4. The maximum Gasteiger partial charge on any atom is 0.00494 e. The van der Waals surface area contributed by atoms with Crippen molar-refractivity contribution in [3.05, 3.63) is 35.9 Å². The van der Waals surface area contributed by atoms with E-state index in [0.717, 1.165) is 0 Å². The molecule has 0 heterocycles. The molecule has 0 fully saturated rings. The number of nitrogens with one attached hydrogen (secondary N) is 1. The van der Waals surface area contributed by atoms with Crippen molar-refractivity contribution in [3.8, 4) is 0 Å². The van der Waals surface area contributed by atoms with Crippen LogP contribution in [0.25, 0.3) is 0 Å². The fourth-order valence-electron chi connectivity index (χ4n) is 2.91. The zero-order chi connectivity index (χ0) is 14.3. The van der Waals surface area contributed by atoms with Gasteiger partial charge in [0.25, 0.3) is 0 Å². The van der Waals surface area contributed by atoms with Gasteiger partial charge in [-0.05, 0) is 37.7 Å². The molecule has 1 nitrogen and oxygen atoms in total. The Morgan fingerprint density at radius 1 is 1.05 bits per heavy atom. The van der Waals surface area contributed by atoms with Gasteiger partial charge in [0.15, 0.2) is 0 Å². The molecule has 1 rings (SSSR count). The monoisotopic (exact) mass is 261 g/mol. The Morgan fingerprint density at radius 2 is 1.68 bits per heavy atom. The van der Waals surface area contributed by atoms with Gasteiger partial charge < -0.3 is 5.32 Å². The Balaban J connectivity index is 2.49. The summed E-state index contributed by atoms with van der Waals surface area (Å²) < 4.78 is 0. The fraction of sp³-hybridized carbons (Fsp3) is 0.667. The van der Waals surface area contributed by atoms with E-state index in [4.69, 9.17) is 0 Å². The molecule has 108 valence electrons. The molecule has 0 aliphatic heterocycles. The molecule has 0 spiro atoms. The Kier molecular flexibility index (Phi) is 6.57. The van der Waals surface area contributed by atoms with Gasteiger partial charge >= 0.3 is 0 Å². The van der Waals surface area contributed by atoms with Crippen molar-refractivity contribution < 1.29 is 0 Å². The van der Waals surface area contributed by atoms with E-state index in [1.54, 1.807) is 0 Å². The standard InChI is InChI=1S/C18H31N/c1-6-7-11-15(2)19-16(3)14-18(4,5)17-12-9-8-10-13-17/h8-10,12-13,15-16,19H,6-7,11,14H2,1-5H3. The zero-order valence-corrected chi connectivity index (χ0v) is 13.4. The molecule has 1 aromatic carbocycles. The van der Waals surface area contributed by atoms with Crippen LogP contribution < -0.4 is 5.32 Å². The summed E-state index contributed by atoms with van der Waals surface area (Å²) in [4.78, 5) is 0. The molecule has 1 heteroatoms. The lowest BCUT2D eigenvalue weighted by Crippen LogP contribution is -2.38. The third-order valence-corrected chi connectivity index (χ3v) is 3.93. The van der Waals surface area contributed by atoms with Gasteiger partial charge in [0.05, 0.1) is 0 Å². The maximum absolute atomic E-state index is 3.74. The Morgan fingerprint density at radius 3 is 2.26 bits per heavy atom. The second-order valence-corrected chi connectivity index (χ2v) is 6.57. The smallest absolute Gasteiger partial charge is 0.00494 e. The van der Waals surface area contributed by atoms with Crippen LogP contribution in [-0.2, 0) is 5.41 Å². The normalized spacial score (nSPS) is 15.2. The molecule has 0 radical (unpaired) electrons. The SMILES string of the molecule is CCCCC(C)NC(C)CC(C)(C)c1ccccc1. The quantitative estimate of drug-likeness (QED) is 0.701. The van der Waals surface area contributed by atoms with Gasteiger partial charge in [-0.15, -0.1) is 0 Å². The van der Waals surface area contributed by atoms with Crippen LogP contribution >= 0.6 is 0 Å². The fourth-order valence-corrected chi connectivity index (χ4v) is 2.91. The molecule has 2 unspecified atom stereocenters. The summed E-state index contributed by atoms with van der Waals surface area (Å²) in [6, 6.07) is 12.0. The summed E-state index contributed by atoms with van der Waals surface area (Å²) >= 11 is 0. The summed E-state index contributed by atoms with van der Waals surface area (Å²) in [6.45, 7) is 11.6. The molecular weight excluding hydrogens is 230 g/mol. The average Bonchev–Trinajstić information content (AvgIpc) is 2.36. The molecule has 2 atom stereocenters. The van der Waals surface area contributed by atoms with E-state index in [0.29, 0.717) is 12.1 Å². The van der Waals surface area contributed by atoms with Crippen LogP contribution in [-0.4, -0.2) is 12.1 Å². The maximum atomic E-state index is 3.74. The van der Waals surface area contributed by atoms with Gasteiger partial charge in [-0.25, -0.2) is 0 Å². The van der Waals surface area contributed by atoms with Crippen molar-refractivity contribution in [2.45, 2.75) is 77.8 Å². The van der Waals surface area contributed by atoms with Crippen LogP contribution in [0.1, 0.15) is 65.9 Å². The second-order valence-electron chi connectivity index (χ2n) is 6.57. The lowest BCUT2D eigenvalue weighted by Gasteiger charge is -2.30. The van der Waals surface area contributed by atoms with Crippen molar-refractivity contribution in [2.24, 2.45) is 0 Å². The molecule has 1 aromatic rings. The van der Waals surface area contributed by atoms with E-state index in [9.17, 15) is 0 Å². The molecule has 19 heavy (non-hydrogen) atoms. The lowest BCUT2D eigenvalue weighted by atomic mass is 9.79. The molecular formula is C18H31N. The van der Waals surface area contributed by atoms with E-state index < -0.39 is 0 Å². The Bertz CT molecular complexity index is 342. The first-order valence-corrected chi connectivity index (χ1v) is 7.77. The highest BCUT2D eigenvalue weighted by atomic mass is 14.9. The van der Waals surface area contributed by atoms with Gasteiger partial charge in [0.1, 0.15) is 0 Å². The number of hydrogen-bond acceptors (Lipinski definition) is 1. The second kappa shape index (κ2) is 7.69. The lowest BCUT2D eigenvalue weighted by molar-refractivity contribution is 0.353. The van der Waals surface area contributed by atoms with Crippen LogP contribution in [0.2, 0.25) is 0 Å². The Hall–Kier alpha value is -0.820. The largest absolute Gasteiger partial charge is 0.312 e. The van der Waals surface area contributed by atoms with E-state index in [1.807, 2.05) is 0 Å². The third kappa shape index (κ3) is 5.78. The summed E-state index contributed by atoms with van der Waals surface area (Å²) in [5.41, 5.74) is 1.67. The van der Waals surface area contributed by atoms with Gasteiger partial charge in [-0.1, -0.05) is 63.9 Å². The molecule has 0 aliphatic rings. The Labute approximate surface area is 119 Å². The minimum atomic E-state index is 0.234. The number of unbranched alkanes of at least 4 members (excludes halogenated alkanes) is 1. The first-order valence-electron chi connectivity index (χ1n) is 7.77. The number of hydrogen-bond donors (Lipinski definition) is 1. The molecule has 1 N–H and O–H groups in total. The third-order valence-electron chi connectivity index (χ3n) is 3.93. The van der Waals surface area contributed by atoms with Crippen molar-refractivity contribution in [1.29, 1.82) is 0 Å². The predicted octanol–water partition coefficient (Wildman–Crippen LogP) is 4.91.